The standard InChI is InChI=1S/C13H20N2O5S/c1-13(2,3)14-8-10(16)9-21(19,20)12-7-5-4-6-11(12)15(17)18/h4-7,10,14,16H,8-9H2,1-3H3. The Morgan fingerprint density at radius 1 is 1.33 bits per heavy atom. The maximum Gasteiger partial charge on any atom is 0.287 e. The van der Waals surface area contributed by atoms with Gasteiger partial charge in [-0.1, -0.05) is 12.1 Å². The molecule has 0 saturated heterocycles. The summed E-state index contributed by atoms with van der Waals surface area (Å²) in [5.74, 6) is -0.569. The van der Waals surface area contributed by atoms with Gasteiger partial charge in [0, 0.05) is 18.2 Å². The quantitative estimate of drug-likeness (QED) is 0.601. The lowest BCUT2D eigenvalue weighted by Gasteiger charge is -2.22. The van der Waals surface area contributed by atoms with E-state index in [-0.39, 0.29) is 17.0 Å². The van der Waals surface area contributed by atoms with Gasteiger partial charge in [0.05, 0.1) is 16.8 Å². The highest BCUT2D eigenvalue weighted by Crippen LogP contribution is 2.24. The summed E-state index contributed by atoms with van der Waals surface area (Å²) in [5, 5.41) is 23.7. The molecule has 1 rings (SSSR count). The average molecular weight is 316 g/mol. The van der Waals surface area contributed by atoms with Gasteiger partial charge in [0.1, 0.15) is 4.90 Å². The highest BCUT2D eigenvalue weighted by molar-refractivity contribution is 7.91. The van der Waals surface area contributed by atoms with Crippen molar-refractivity contribution in [1.82, 2.24) is 5.32 Å². The smallest absolute Gasteiger partial charge is 0.287 e. The molecule has 1 atom stereocenters. The van der Waals surface area contributed by atoms with Crippen molar-refractivity contribution in [2.24, 2.45) is 0 Å². The summed E-state index contributed by atoms with van der Waals surface area (Å²) in [6.07, 6.45) is -1.14. The number of hydrogen-bond acceptors (Lipinski definition) is 6. The molecule has 0 spiro atoms. The second-order valence-corrected chi connectivity index (χ2v) is 7.79. The number of sulfone groups is 1. The van der Waals surface area contributed by atoms with Gasteiger partial charge in [-0.25, -0.2) is 8.42 Å². The van der Waals surface area contributed by atoms with Crippen LogP contribution >= 0.6 is 0 Å². The third-order valence-electron chi connectivity index (χ3n) is 2.68. The molecule has 0 aliphatic carbocycles. The van der Waals surface area contributed by atoms with Gasteiger partial charge in [0.15, 0.2) is 9.84 Å². The second kappa shape index (κ2) is 6.50. The van der Waals surface area contributed by atoms with E-state index in [9.17, 15) is 23.6 Å². The van der Waals surface area contributed by atoms with Crippen LogP contribution in [0.4, 0.5) is 5.69 Å². The number of nitrogens with one attached hydrogen (secondary N) is 1. The van der Waals surface area contributed by atoms with Crippen molar-refractivity contribution in [3.8, 4) is 0 Å². The molecule has 1 aromatic rings. The fraction of sp³-hybridized carbons (Fsp3) is 0.538. The van der Waals surface area contributed by atoms with Crippen molar-refractivity contribution in [3.05, 3.63) is 34.4 Å². The topological polar surface area (TPSA) is 110 Å². The number of hydrogen-bond donors (Lipinski definition) is 2. The van der Waals surface area contributed by atoms with Crippen LogP contribution in [0.15, 0.2) is 29.2 Å². The molecule has 0 aliphatic heterocycles. The largest absolute Gasteiger partial charge is 0.391 e. The molecule has 0 amide bonds. The van der Waals surface area contributed by atoms with Crippen LogP contribution in [-0.4, -0.2) is 42.4 Å². The van der Waals surface area contributed by atoms with Crippen LogP contribution in [0.5, 0.6) is 0 Å². The van der Waals surface area contributed by atoms with E-state index in [0.717, 1.165) is 6.07 Å². The van der Waals surface area contributed by atoms with Gasteiger partial charge in [0.2, 0.25) is 0 Å². The fourth-order valence-corrected chi connectivity index (χ4v) is 3.25. The Morgan fingerprint density at radius 3 is 2.43 bits per heavy atom. The zero-order chi connectivity index (χ0) is 16.3. The van der Waals surface area contributed by atoms with Gasteiger partial charge in [-0.15, -0.1) is 0 Å². The van der Waals surface area contributed by atoms with Crippen LogP contribution in [0.3, 0.4) is 0 Å². The first-order chi connectivity index (χ1) is 9.53. The summed E-state index contributed by atoms with van der Waals surface area (Å²) in [5.41, 5.74) is -0.739. The third-order valence-corrected chi connectivity index (χ3v) is 4.52. The Balaban J connectivity index is 2.90. The lowest BCUT2D eigenvalue weighted by atomic mass is 10.1. The number of nitrogens with zero attached hydrogens (tertiary/aromatic N) is 1. The third kappa shape index (κ3) is 5.41. The predicted molar refractivity (Wildman–Crippen MR) is 78.9 cm³/mol. The fourth-order valence-electron chi connectivity index (χ4n) is 1.70. The number of rotatable bonds is 6. The van der Waals surface area contributed by atoms with Gasteiger partial charge in [0.25, 0.3) is 5.69 Å². The normalized spacial score (nSPS) is 13.9. The van der Waals surface area contributed by atoms with Crippen LogP contribution < -0.4 is 5.32 Å². The van der Waals surface area contributed by atoms with Crippen LogP contribution in [0, 0.1) is 10.1 Å². The molecule has 21 heavy (non-hydrogen) atoms. The summed E-state index contributed by atoms with van der Waals surface area (Å²) >= 11 is 0. The minimum Gasteiger partial charge on any atom is -0.391 e. The van der Waals surface area contributed by atoms with Gasteiger partial charge in [-0.05, 0) is 26.8 Å². The molecular weight excluding hydrogens is 296 g/mol. The minimum absolute atomic E-state index is 0.0867. The number of aliphatic hydroxyl groups excluding tert-OH is 1. The number of para-hydroxylation sites is 1. The van der Waals surface area contributed by atoms with Crippen LogP contribution in [0.1, 0.15) is 20.8 Å². The van der Waals surface area contributed by atoms with Crippen molar-refractivity contribution in [2.45, 2.75) is 37.3 Å². The molecule has 0 saturated carbocycles. The van der Waals surface area contributed by atoms with Crippen LogP contribution in [0.25, 0.3) is 0 Å². The second-order valence-electron chi connectivity index (χ2n) is 5.79. The maximum atomic E-state index is 12.2. The zero-order valence-corrected chi connectivity index (χ0v) is 13.1. The molecular formula is C13H20N2O5S. The Labute approximate surface area is 124 Å². The number of β-amino-alcohol motifs (C(OH)–C–C–N with tert-alkyl or cyclic N) is 1. The molecule has 0 radical (unpaired) electrons. The summed E-state index contributed by atoms with van der Waals surface area (Å²) in [7, 11) is -3.93. The Kier molecular flexibility index (Phi) is 5.43. The number of nitro groups is 1. The van der Waals surface area contributed by atoms with E-state index in [0.29, 0.717) is 0 Å². The van der Waals surface area contributed by atoms with Crippen molar-refractivity contribution < 1.29 is 18.4 Å². The van der Waals surface area contributed by atoms with Crippen molar-refractivity contribution in [2.75, 3.05) is 12.3 Å². The molecule has 0 heterocycles. The van der Waals surface area contributed by atoms with Crippen molar-refractivity contribution in [1.29, 1.82) is 0 Å². The number of aliphatic hydroxyl groups is 1. The van der Waals surface area contributed by atoms with Crippen LogP contribution in [-0.2, 0) is 9.84 Å². The number of benzene rings is 1. The van der Waals surface area contributed by atoms with Gasteiger partial charge in [-0.3, -0.25) is 10.1 Å². The van der Waals surface area contributed by atoms with E-state index >= 15 is 0 Å². The predicted octanol–water partition coefficient (Wildman–Crippen LogP) is 1.12. The highest BCUT2D eigenvalue weighted by Gasteiger charge is 2.27. The highest BCUT2D eigenvalue weighted by atomic mass is 32.2. The lowest BCUT2D eigenvalue weighted by molar-refractivity contribution is -0.387. The molecule has 8 heteroatoms. The molecule has 0 aromatic heterocycles. The molecule has 0 fully saturated rings. The minimum atomic E-state index is -3.93. The average Bonchev–Trinajstić information content (AvgIpc) is 2.35. The zero-order valence-electron chi connectivity index (χ0n) is 12.2. The molecule has 1 unspecified atom stereocenters. The molecule has 0 bridgehead atoms. The lowest BCUT2D eigenvalue weighted by Crippen LogP contribution is -2.42. The van der Waals surface area contributed by atoms with E-state index < -0.39 is 32.3 Å². The van der Waals surface area contributed by atoms with E-state index in [1.807, 2.05) is 20.8 Å². The first-order valence-electron chi connectivity index (χ1n) is 6.42. The first kappa shape index (κ1) is 17.5. The van der Waals surface area contributed by atoms with E-state index in [4.69, 9.17) is 0 Å². The molecule has 2 N–H and O–H groups in total. The number of nitro benzene ring substituents is 1. The SMILES string of the molecule is CC(C)(C)NCC(O)CS(=O)(=O)c1ccccc1[N+](=O)[O-]. The van der Waals surface area contributed by atoms with Gasteiger partial charge < -0.3 is 10.4 Å². The van der Waals surface area contributed by atoms with Crippen LogP contribution in [0.2, 0.25) is 0 Å². The summed E-state index contributed by atoms with van der Waals surface area (Å²) in [6, 6.07) is 5.12. The van der Waals surface area contributed by atoms with Gasteiger partial charge in [-0.2, -0.15) is 0 Å². The summed E-state index contributed by atoms with van der Waals surface area (Å²) in [6.45, 7) is 5.74. The Hall–Kier alpha value is -1.51. The maximum absolute atomic E-state index is 12.2. The summed E-state index contributed by atoms with van der Waals surface area (Å²) < 4.78 is 24.4. The molecule has 0 aliphatic rings. The monoisotopic (exact) mass is 316 g/mol. The van der Waals surface area contributed by atoms with Crippen molar-refractivity contribution in [3.63, 3.8) is 0 Å². The molecule has 1 aromatic carbocycles. The molecule has 7 nitrogen and oxygen atoms in total. The van der Waals surface area contributed by atoms with E-state index in [1.54, 1.807) is 0 Å². The van der Waals surface area contributed by atoms with Gasteiger partial charge >= 0.3 is 0 Å². The van der Waals surface area contributed by atoms with E-state index in [1.165, 1.54) is 18.2 Å². The first-order valence-corrected chi connectivity index (χ1v) is 8.07. The molecule has 118 valence electrons. The van der Waals surface area contributed by atoms with Crippen molar-refractivity contribution >= 4 is 15.5 Å². The Morgan fingerprint density at radius 2 is 1.90 bits per heavy atom. The van der Waals surface area contributed by atoms with E-state index in [2.05, 4.69) is 5.32 Å². The Bertz CT molecular complexity index is 607. The summed E-state index contributed by atoms with van der Waals surface area (Å²) in [4.78, 5) is 9.76.